The maximum atomic E-state index is 13.0. The fraction of sp³-hybridized carbons (Fsp3) is 0.176. The monoisotopic (exact) mass is 405 g/mol. The van der Waals surface area contributed by atoms with Gasteiger partial charge < -0.3 is 4.52 Å². The van der Waals surface area contributed by atoms with Gasteiger partial charge >= 0.3 is 0 Å². The van der Waals surface area contributed by atoms with Crippen molar-refractivity contribution in [1.29, 1.82) is 0 Å². The van der Waals surface area contributed by atoms with Crippen molar-refractivity contribution in [1.82, 2.24) is 15.0 Å². The fourth-order valence-corrected chi connectivity index (χ4v) is 3.50. The standard InChI is InChI=1S/C17H13BrFN3OS/c1-2-9-22(10-12-3-5-13(19)6-4-12)11-16-20-17(21-23-16)14-7-8-15(18)24-14/h1,3-8H,9-11H2. The molecule has 0 atom stereocenters. The first-order valence-electron chi connectivity index (χ1n) is 7.12. The molecule has 2 heterocycles. The lowest BCUT2D eigenvalue weighted by Gasteiger charge is -2.17. The SMILES string of the molecule is C#CCN(Cc1ccc(F)cc1)Cc1nc(-c2ccc(Br)s2)no1. The summed E-state index contributed by atoms with van der Waals surface area (Å²) in [5.74, 6) is 3.41. The highest BCUT2D eigenvalue weighted by atomic mass is 79.9. The first-order valence-corrected chi connectivity index (χ1v) is 8.73. The summed E-state index contributed by atoms with van der Waals surface area (Å²) in [6.45, 7) is 1.44. The van der Waals surface area contributed by atoms with E-state index in [2.05, 4.69) is 32.0 Å². The summed E-state index contributed by atoms with van der Waals surface area (Å²) in [5.41, 5.74) is 0.966. The van der Waals surface area contributed by atoms with E-state index in [0.717, 1.165) is 14.2 Å². The van der Waals surface area contributed by atoms with Crippen molar-refractivity contribution in [2.24, 2.45) is 0 Å². The molecule has 0 aliphatic carbocycles. The molecule has 24 heavy (non-hydrogen) atoms. The third-order valence-corrected chi connectivity index (χ3v) is 4.87. The topological polar surface area (TPSA) is 42.2 Å². The first kappa shape index (κ1) is 16.8. The van der Waals surface area contributed by atoms with Crippen LogP contribution in [-0.2, 0) is 13.1 Å². The van der Waals surface area contributed by atoms with Crippen molar-refractivity contribution in [2.75, 3.05) is 6.54 Å². The van der Waals surface area contributed by atoms with Gasteiger partial charge in [0.15, 0.2) is 0 Å². The van der Waals surface area contributed by atoms with E-state index >= 15 is 0 Å². The molecule has 0 saturated carbocycles. The van der Waals surface area contributed by atoms with Crippen LogP contribution in [0.15, 0.2) is 44.7 Å². The van der Waals surface area contributed by atoms with Crippen LogP contribution in [0.3, 0.4) is 0 Å². The van der Waals surface area contributed by atoms with Crippen LogP contribution in [0.25, 0.3) is 10.7 Å². The molecule has 0 fully saturated rings. The molecule has 0 spiro atoms. The zero-order valence-corrected chi connectivity index (χ0v) is 15.0. The Labute approximate surface area is 151 Å². The van der Waals surface area contributed by atoms with E-state index in [1.165, 1.54) is 23.5 Å². The van der Waals surface area contributed by atoms with Crippen LogP contribution in [0.5, 0.6) is 0 Å². The Bertz CT molecular complexity index is 853. The largest absolute Gasteiger partial charge is 0.338 e. The minimum atomic E-state index is -0.258. The molecule has 1 aromatic carbocycles. The number of nitrogens with zero attached hydrogens (tertiary/aromatic N) is 3. The van der Waals surface area contributed by atoms with Gasteiger partial charge in [-0.15, -0.1) is 17.8 Å². The number of aromatic nitrogens is 2. The molecule has 0 saturated heterocycles. The highest BCUT2D eigenvalue weighted by molar-refractivity contribution is 9.11. The van der Waals surface area contributed by atoms with Crippen LogP contribution >= 0.6 is 27.3 Å². The lowest BCUT2D eigenvalue weighted by Crippen LogP contribution is -2.23. The van der Waals surface area contributed by atoms with Crippen LogP contribution in [0.4, 0.5) is 4.39 Å². The molecule has 3 aromatic rings. The van der Waals surface area contributed by atoms with Gasteiger partial charge in [-0.05, 0) is 45.8 Å². The molecule has 0 amide bonds. The van der Waals surface area contributed by atoms with Crippen molar-refractivity contribution < 1.29 is 8.91 Å². The normalized spacial score (nSPS) is 10.9. The Kier molecular flexibility index (Phi) is 5.41. The van der Waals surface area contributed by atoms with Crippen molar-refractivity contribution in [3.05, 3.63) is 57.5 Å². The summed E-state index contributed by atoms with van der Waals surface area (Å²) in [6, 6.07) is 10.2. The van der Waals surface area contributed by atoms with Crippen molar-refractivity contribution in [2.45, 2.75) is 13.1 Å². The molecule has 4 nitrogen and oxygen atoms in total. The molecule has 3 rings (SSSR count). The summed E-state index contributed by atoms with van der Waals surface area (Å²) in [7, 11) is 0. The molecule has 0 radical (unpaired) electrons. The average Bonchev–Trinajstić information content (AvgIpc) is 3.19. The maximum absolute atomic E-state index is 13.0. The fourth-order valence-electron chi connectivity index (χ4n) is 2.19. The molecule has 0 unspecified atom stereocenters. The Balaban J connectivity index is 1.70. The van der Waals surface area contributed by atoms with E-state index < -0.39 is 0 Å². The van der Waals surface area contributed by atoms with E-state index in [4.69, 9.17) is 10.9 Å². The summed E-state index contributed by atoms with van der Waals surface area (Å²) in [4.78, 5) is 7.32. The summed E-state index contributed by atoms with van der Waals surface area (Å²) in [5, 5.41) is 4.01. The first-order chi connectivity index (χ1) is 11.6. The minimum Gasteiger partial charge on any atom is -0.338 e. The van der Waals surface area contributed by atoms with Crippen LogP contribution in [0.1, 0.15) is 11.5 Å². The third kappa shape index (κ3) is 4.29. The van der Waals surface area contributed by atoms with E-state index in [9.17, 15) is 4.39 Å². The van der Waals surface area contributed by atoms with Crippen LogP contribution in [-0.4, -0.2) is 21.6 Å². The van der Waals surface area contributed by atoms with Crippen LogP contribution < -0.4 is 0 Å². The molecule has 122 valence electrons. The molecule has 2 aromatic heterocycles. The molecule has 7 heteroatoms. The van der Waals surface area contributed by atoms with Gasteiger partial charge in [0.25, 0.3) is 0 Å². The van der Waals surface area contributed by atoms with E-state index in [1.807, 2.05) is 17.0 Å². The summed E-state index contributed by atoms with van der Waals surface area (Å²) < 4.78 is 19.3. The Morgan fingerprint density at radius 1 is 1.21 bits per heavy atom. The smallest absolute Gasteiger partial charge is 0.241 e. The van der Waals surface area contributed by atoms with Gasteiger partial charge in [0.1, 0.15) is 5.82 Å². The highest BCUT2D eigenvalue weighted by Gasteiger charge is 2.14. The Morgan fingerprint density at radius 3 is 2.67 bits per heavy atom. The summed E-state index contributed by atoms with van der Waals surface area (Å²) in [6.07, 6.45) is 5.44. The quantitative estimate of drug-likeness (QED) is 0.572. The second-order valence-electron chi connectivity index (χ2n) is 5.09. The number of hydrogen-bond acceptors (Lipinski definition) is 5. The van der Waals surface area contributed by atoms with Gasteiger partial charge in [0.2, 0.25) is 11.7 Å². The van der Waals surface area contributed by atoms with Crippen LogP contribution in [0.2, 0.25) is 0 Å². The zero-order valence-electron chi connectivity index (χ0n) is 12.6. The number of hydrogen-bond donors (Lipinski definition) is 0. The number of benzene rings is 1. The van der Waals surface area contributed by atoms with Crippen molar-refractivity contribution in [3.63, 3.8) is 0 Å². The lowest BCUT2D eigenvalue weighted by molar-refractivity contribution is 0.242. The Morgan fingerprint density at radius 2 is 2.00 bits per heavy atom. The Hall–Kier alpha value is -2.01. The number of terminal acetylenes is 1. The number of thiophene rings is 1. The van der Waals surface area contributed by atoms with Crippen molar-refractivity contribution in [3.8, 4) is 23.0 Å². The van der Waals surface area contributed by atoms with E-state index in [0.29, 0.717) is 31.3 Å². The second-order valence-corrected chi connectivity index (χ2v) is 7.55. The predicted octanol–water partition coefficient (Wildman–Crippen LogP) is 4.34. The third-order valence-electron chi connectivity index (χ3n) is 3.25. The van der Waals surface area contributed by atoms with Gasteiger partial charge in [-0.3, -0.25) is 4.90 Å². The molecule has 0 aliphatic rings. The van der Waals surface area contributed by atoms with Crippen molar-refractivity contribution >= 4 is 27.3 Å². The molecule has 0 N–H and O–H groups in total. The zero-order chi connectivity index (χ0) is 16.9. The lowest BCUT2D eigenvalue weighted by atomic mass is 10.2. The second kappa shape index (κ2) is 7.71. The van der Waals surface area contributed by atoms with Gasteiger partial charge in [0, 0.05) is 6.54 Å². The van der Waals surface area contributed by atoms with Crippen LogP contribution in [0, 0.1) is 18.2 Å². The van der Waals surface area contributed by atoms with Gasteiger partial charge in [0.05, 0.1) is 21.8 Å². The molecular formula is C17H13BrFN3OS. The van der Waals surface area contributed by atoms with E-state index in [1.54, 1.807) is 12.1 Å². The predicted molar refractivity (Wildman–Crippen MR) is 94.7 cm³/mol. The molecule has 0 bridgehead atoms. The molecular weight excluding hydrogens is 393 g/mol. The number of rotatable bonds is 6. The van der Waals surface area contributed by atoms with E-state index in [-0.39, 0.29) is 5.82 Å². The van der Waals surface area contributed by atoms with Gasteiger partial charge in [-0.25, -0.2) is 4.39 Å². The maximum Gasteiger partial charge on any atom is 0.241 e. The highest BCUT2D eigenvalue weighted by Crippen LogP contribution is 2.29. The summed E-state index contributed by atoms with van der Waals surface area (Å²) >= 11 is 4.95. The van der Waals surface area contributed by atoms with Gasteiger partial charge in [-0.1, -0.05) is 23.2 Å². The minimum absolute atomic E-state index is 0.258. The number of halogens is 2. The van der Waals surface area contributed by atoms with Gasteiger partial charge in [-0.2, -0.15) is 4.98 Å². The molecule has 0 aliphatic heterocycles. The average molecular weight is 406 g/mol.